The lowest BCUT2D eigenvalue weighted by Gasteiger charge is -2.13. The molecule has 2 aliphatic rings. The van der Waals surface area contributed by atoms with Crippen molar-refractivity contribution in [2.75, 3.05) is 18.2 Å². The summed E-state index contributed by atoms with van der Waals surface area (Å²) in [6, 6.07) is 7.93. The van der Waals surface area contributed by atoms with E-state index in [2.05, 4.69) is 15.5 Å². The molecule has 1 fully saturated rings. The summed E-state index contributed by atoms with van der Waals surface area (Å²) in [5, 5.41) is 12.8. The van der Waals surface area contributed by atoms with Crippen LogP contribution in [0.4, 0.5) is 5.00 Å². The summed E-state index contributed by atoms with van der Waals surface area (Å²) >= 11 is 2.80. The molecule has 1 saturated carbocycles. The normalized spacial score (nSPS) is 15.5. The number of aromatic nitrogens is 3. The molecular formula is C26H30N4O4S2. The Morgan fingerprint density at radius 2 is 1.86 bits per heavy atom. The molecule has 0 bridgehead atoms. The van der Waals surface area contributed by atoms with Gasteiger partial charge in [0.25, 0.3) is 0 Å². The molecule has 2 heterocycles. The van der Waals surface area contributed by atoms with E-state index in [1.165, 1.54) is 47.9 Å². The van der Waals surface area contributed by atoms with Crippen LogP contribution >= 0.6 is 23.1 Å². The van der Waals surface area contributed by atoms with Gasteiger partial charge in [0.15, 0.2) is 11.0 Å². The summed E-state index contributed by atoms with van der Waals surface area (Å²) in [6.45, 7) is 0. The maximum absolute atomic E-state index is 12.8. The predicted molar refractivity (Wildman–Crippen MR) is 141 cm³/mol. The van der Waals surface area contributed by atoms with Crippen LogP contribution < -0.4 is 10.1 Å². The Labute approximate surface area is 218 Å². The molecule has 3 aromatic rings. The van der Waals surface area contributed by atoms with Crippen molar-refractivity contribution in [3.63, 3.8) is 0 Å². The van der Waals surface area contributed by atoms with Gasteiger partial charge in [-0.15, -0.1) is 21.5 Å². The summed E-state index contributed by atoms with van der Waals surface area (Å²) in [5.41, 5.74) is 2.47. The fourth-order valence-corrected chi connectivity index (χ4v) is 6.84. The minimum absolute atomic E-state index is 0.156. The smallest absolute Gasteiger partial charge is 0.341 e. The molecule has 2 aliphatic carbocycles. The third kappa shape index (κ3) is 5.29. The molecule has 36 heavy (non-hydrogen) atoms. The monoisotopic (exact) mass is 526 g/mol. The number of carbonyl (C=O) groups excluding carboxylic acids is 2. The number of rotatable bonds is 8. The summed E-state index contributed by atoms with van der Waals surface area (Å²) in [6.07, 6.45) is 8.97. The Bertz CT molecular complexity index is 1250. The first-order valence-electron chi connectivity index (χ1n) is 12.4. The first-order chi connectivity index (χ1) is 17.5. The minimum Gasteiger partial charge on any atom is -0.490 e. The first kappa shape index (κ1) is 24.8. The number of fused-ring (bicyclic) bond motifs is 1. The van der Waals surface area contributed by atoms with Crippen molar-refractivity contribution in [1.29, 1.82) is 0 Å². The van der Waals surface area contributed by atoms with Crippen molar-refractivity contribution in [2.24, 2.45) is 7.05 Å². The minimum atomic E-state index is -0.394. The second-order valence-corrected chi connectivity index (χ2v) is 11.2. The van der Waals surface area contributed by atoms with Crippen molar-refractivity contribution in [3.05, 3.63) is 40.3 Å². The Morgan fingerprint density at radius 3 is 2.61 bits per heavy atom. The van der Waals surface area contributed by atoms with E-state index < -0.39 is 5.97 Å². The number of esters is 1. The van der Waals surface area contributed by atoms with E-state index in [0.29, 0.717) is 21.8 Å². The average molecular weight is 527 g/mol. The van der Waals surface area contributed by atoms with Gasteiger partial charge in [-0.2, -0.15) is 0 Å². The maximum Gasteiger partial charge on any atom is 0.341 e. The summed E-state index contributed by atoms with van der Waals surface area (Å²) in [5.74, 6) is 1.17. The largest absolute Gasteiger partial charge is 0.490 e. The van der Waals surface area contributed by atoms with E-state index in [1.807, 2.05) is 35.9 Å². The first-order valence-corrected chi connectivity index (χ1v) is 14.2. The highest BCUT2D eigenvalue weighted by Crippen LogP contribution is 2.38. The number of thiophene rings is 1. The molecule has 0 atom stereocenters. The van der Waals surface area contributed by atoms with Gasteiger partial charge >= 0.3 is 5.97 Å². The number of nitrogens with zero attached hydrogens (tertiary/aromatic N) is 3. The number of benzene rings is 1. The molecule has 0 aliphatic heterocycles. The lowest BCUT2D eigenvalue weighted by molar-refractivity contribution is -0.113. The molecule has 190 valence electrons. The number of anilines is 1. The van der Waals surface area contributed by atoms with E-state index in [4.69, 9.17) is 9.47 Å². The Balaban J connectivity index is 1.22. The summed E-state index contributed by atoms with van der Waals surface area (Å²) in [4.78, 5) is 26.4. The lowest BCUT2D eigenvalue weighted by atomic mass is 9.95. The van der Waals surface area contributed by atoms with Gasteiger partial charge in [-0.25, -0.2) is 4.79 Å². The van der Waals surface area contributed by atoms with Crippen LogP contribution in [0.15, 0.2) is 29.4 Å². The van der Waals surface area contributed by atoms with Gasteiger partial charge < -0.3 is 19.4 Å². The fourth-order valence-electron chi connectivity index (χ4n) is 4.84. The van der Waals surface area contributed by atoms with Gasteiger partial charge in [-0.05, 0) is 81.2 Å². The van der Waals surface area contributed by atoms with Crippen molar-refractivity contribution < 1.29 is 19.1 Å². The molecule has 2 aromatic heterocycles. The number of amides is 1. The lowest BCUT2D eigenvalue weighted by Crippen LogP contribution is -2.17. The van der Waals surface area contributed by atoms with Crippen LogP contribution in [0, 0.1) is 0 Å². The molecular weight excluding hydrogens is 496 g/mol. The molecule has 0 unspecified atom stereocenters. The zero-order valence-electron chi connectivity index (χ0n) is 20.5. The molecule has 10 heteroatoms. The molecule has 8 nitrogen and oxygen atoms in total. The van der Waals surface area contributed by atoms with Crippen LogP contribution in [-0.4, -0.2) is 45.6 Å². The second kappa shape index (κ2) is 11.0. The van der Waals surface area contributed by atoms with Crippen molar-refractivity contribution in [2.45, 2.75) is 62.6 Å². The molecule has 5 rings (SSSR count). The number of ether oxygens (including phenoxy) is 2. The Kier molecular flexibility index (Phi) is 7.62. The Morgan fingerprint density at radius 1 is 1.11 bits per heavy atom. The van der Waals surface area contributed by atoms with Crippen LogP contribution in [0.1, 0.15) is 59.3 Å². The maximum atomic E-state index is 12.8. The Hall–Kier alpha value is -2.85. The third-order valence-electron chi connectivity index (χ3n) is 6.70. The van der Waals surface area contributed by atoms with Crippen LogP contribution in [0.2, 0.25) is 0 Å². The number of hydrogen-bond acceptors (Lipinski definition) is 8. The van der Waals surface area contributed by atoms with Crippen LogP contribution in [0.3, 0.4) is 0 Å². The average Bonchev–Trinajstić information content (AvgIpc) is 3.62. The van der Waals surface area contributed by atoms with Crippen molar-refractivity contribution >= 4 is 40.0 Å². The highest BCUT2D eigenvalue weighted by atomic mass is 32.2. The molecule has 1 aromatic carbocycles. The standard InChI is InChI=1S/C26H30N4O4S2/c1-30-23(16-11-13-18(14-12-16)34-17-7-3-4-8-17)28-29-26(30)35-15-21(31)27-24-22(25(32)33-2)19-9-5-6-10-20(19)36-24/h11-14,17H,3-10,15H2,1-2H3,(H,27,31). The molecule has 1 amide bonds. The number of methoxy groups -OCH3 is 1. The molecule has 0 radical (unpaired) electrons. The van der Waals surface area contributed by atoms with E-state index >= 15 is 0 Å². The molecule has 0 spiro atoms. The van der Waals surface area contributed by atoms with Gasteiger partial charge in [0, 0.05) is 17.5 Å². The van der Waals surface area contributed by atoms with Crippen molar-refractivity contribution in [1.82, 2.24) is 14.8 Å². The van der Waals surface area contributed by atoms with Gasteiger partial charge in [-0.3, -0.25) is 4.79 Å². The van der Waals surface area contributed by atoms with E-state index in [-0.39, 0.29) is 11.7 Å². The summed E-state index contributed by atoms with van der Waals surface area (Å²) in [7, 11) is 3.26. The number of aryl methyl sites for hydroxylation is 1. The topological polar surface area (TPSA) is 95.3 Å². The quantitative estimate of drug-likeness (QED) is 0.316. The number of thioether (sulfide) groups is 1. The van der Waals surface area contributed by atoms with Gasteiger partial charge in [0.2, 0.25) is 5.91 Å². The zero-order valence-corrected chi connectivity index (χ0v) is 22.2. The highest BCUT2D eigenvalue weighted by Gasteiger charge is 2.27. The summed E-state index contributed by atoms with van der Waals surface area (Å²) < 4.78 is 12.9. The second-order valence-electron chi connectivity index (χ2n) is 9.16. The van der Waals surface area contributed by atoms with Crippen LogP contribution in [-0.2, 0) is 29.4 Å². The van der Waals surface area contributed by atoms with E-state index in [0.717, 1.165) is 61.2 Å². The van der Waals surface area contributed by atoms with Crippen LogP contribution in [0.25, 0.3) is 11.4 Å². The van der Waals surface area contributed by atoms with E-state index in [1.54, 1.807) is 0 Å². The fraction of sp³-hybridized carbons (Fsp3) is 0.462. The van der Waals surface area contributed by atoms with E-state index in [9.17, 15) is 9.59 Å². The SMILES string of the molecule is COC(=O)c1c(NC(=O)CSc2nnc(-c3ccc(OC4CCCC4)cc3)n2C)sc2c1CCCC2. The highest BCUT2D eigenvalue weighted by molar-refractivity contribution is 7.99. The van der Waals surface area contributed by atoms with Gasteiger partial charge in [0.05, 0.1) is 24.5 Å². The molecule has 0 saturated heterocycles. The molecule has 1 N–H and O–H groups in total. The number of hydrogen-bond donors (Lipinski definition) is 1. The predicted octanol–water partition coefficient (Wildman–Crippen LogP) is 5.26. The number of nitrogens with one attached hydrogen (secondary N) is 1. The third-order valence-corrected chi connectivity index (χ3v) is 8.93. The van der Waals surface area contributed by atoms with Gasteiger partial charge in [-0.1, -0.05) is 11.8 Å². The number of carbonyl (C=O) groups is 2. The van der Waals surface area contributed by atoms with Crippen LogP contribution in [0.5, 0.6) is 5.75 Å². The zero-order chi connectivity index (χ0) is 25.1. The van der Waals surface area contributed by atoms with Gasteiger partial charge in [0.1, 0.15) is 10.8 Å². The van der Waals surface area contributed by atoms with Crippen molar-refractivity contribution in [3.8, 4) is 17.1 Å².